The van der Waals surface area contributed by atoms with Gasteiger partial charge in [-0.25, -0.2) is 0 Å². The number of rotatable bonds is 6. The van der Waals surface area contributed by atoms with Crippen molar-refractivity contribution in [3.8, 4) is 11.5 Å². The first-order valence-electron chi connectivity index (χ1n) is 7.67. The second-order valence-corrected chi connectivity index (χ2v) is 6.10. The van der Waals surface area contributed by atoms with E-state index in [4.69, 9.17) is 9.47 Å². The molecular formula is C16H21N3O4. The lowest BCUT2D eigenvalue weighted by Gasteiger charge is -2.10. The molecule has 2 amide bonds. The maximum absolute atomic E-state index is 12.2. The molecule has 1 saturated carbocycles. The molecule has 2 aliphatic rings. The highest BCUT2D eigenvalue weighted by Gasteiger charge is 2.47. The van der Waals surface area contributed by atoms with Gasteiger partial charge >= 0.3 is 0 Å². The van der Waals surface area contributed by atoms with E-state index in [0.29, 0.717) is 30.2 Å². The molecule has 1 aromatic rings. The number of carbonyl (C=O) groups is 2. The molecule has 1 aromatic carbocycles. The fourth-order valence-electron chi connectivity index (χ4n) is 2.52. The Kier molecular flexibility index (Phi) is 4.38. The Labute approximate surface area is 134 Å². The van der Waals surface area contributed by atoms with Crippen molar-refractivity contribution in [3.63, 3.8) is 0 Å². The number of hydrogen-bond donors (Lipinski definition) is 2. The second kappa shape index (κ2) is 6.45. The van der Waals surface area contributed by atoms with E-state index in [1.807, 2.05) is 19.0 Å². The van der Waals surface area contributed by atoms with Crippen LogP contribution in [-0.4, -0.2) is 50.7 Å². The van der Waals surface area contributed by atoms with Gasteiger partial charge in [0, 0.05) is 24.8 Å². The minimum absolute atomic E-state index is 0.0438. The number of amides is 2. The van der Waals surface area contributed by atoms with Crippen molar-refractivity contribution in [1.82, 2.24) is 10.2 Å². The summed E-state index contributed by atoms with van der Waals surface area (Å²) in [7, 11) is 3.90. The van der Waals surface area contributed by atoms with Gasteiger partial charge in [0.25, 0.3) is 0 Å². The molecule has 0 spiro atoms. The van der Waals surface area contributed by atoms with E-state index in [1.54, 1.807) is 18.2 Å². The average Bonchev–Trinajstić information content (AvgIpc) is 3.18. The lowest BCUT2D eigenvalue weighted by molar-refractivity contribution is -0.125. The largest absolute Gasteiger partial charge is 0.454 e. The molecule has 0 bridgehead atoms. The van der Waals surface area contributed by atoms with Crippen LogP contribution in [-0.2, 0) is 9.59 Å². The van der Waals surface area contributed by atoms with Crippen LogP contribution in [0.25, 0.3) is 0 Å². The van der Waals surface area contributed by atoms with Crippen LogP contribution >= 0.6 is 0 Å². The molecule has 2 unspecified atom stereocenters. The molecule has 1 heterocycles. The third-order valence-corrected chi connectivity index (χ3v) is 3.96. The van der Waals surface area contributed by atoms with Crippen LogP contribution in [0.2, 0.25) is 0 Å². The van der Waals surface area contributed by atoms with Gasteiger partial charge in [-0.2, -0.15) is 0 Å². The SMILES string of the molecule is CN(C)CCNC(=O)C1CC1C(=O)Nc1ccc2c(c1)OCO2. The molecule has 1 aliphatic carbocycles. The smallest absolute Gasteiger partial charge is 0.231 e. The number of carbonyl (C=O) groups excluding carboxylic acids is 2. The van der Waals surface area contributed by atoms with Crippen molar-refractivity contribution < 1.29 is 19.1 Å². The zero-order chi connectivity index (χ0) is 16.4. The third-order valence-electron chi connectivity index (χ3n) is 3.96. The van der Waals surface area contributed by atoms with Gasteiger partial charge in [0.2, 0.25) is 18.6 Å². The summed E-state index contributed by atoms with van der Waals surface area (Å²) in [6.45, 7) is 1.58. The van der Waals surface area contributed by atoms with E-state index >= 15 is 0 Å². The van der Waals surface area contributed by atoms with E-state index in [9.17, 15) is 9.59 Å². The quantitative estimate of drug-likeness (QED) is 0.805. The summed E-state index contributed by atoms with van der Waals surface area (Å²) in [5, 5.41) is 5.69. The van der Waals surface area contributed by atoms with Crippen LogP contribution in [0.15, 0.2) is 18.2 Å². The number of anilines is 1. The van der Waals surface area contributed by atoms with Crippen LogP contribution < -0.4 is 20.1 Å². The van der Waals surface area contributed by atoms with Gasteiger partial charge in [0.15, 0.2) is 11.5 Å². The number of benzene rings is 1. The minimum atomic E-state index is -0.250. The molecule has 1 aliphatic heterocycles. The first-order chi connectivity index (χ1) is 11.0. The van der Waals surface area contributed by atoms with Crippen molar-refractivity contribution in [1.29, 1.82) is 0 Å². The molecular weight excluding hydrogens is 298 g/mol. The molecule has 7 heteroatoms. The Morgan fingerprint density at radius 1 is 1.17 bits per heavy atom. The first-order valence-corrected chi connectivity index (χ1v) is 7.67. The number of nitrogens with one attached hydrogen (secondary N) is 2. The van der Waals surface area contributed by atoms with Gasteiger partial charge in [0.05, 0.1) is 11.8 Å². The summed E-state index contributed by atoms with van der Waals surface area (Å²) in [6, 6.07) is 5.25. The Morgan fingerprint density at radius 3 is 2.70 bits per heavy atom. The highest BCUT2D eigenvalue weighted by atomic mass is 16.7. The van der Waals surface area contributed by atoms with Gasteiger partial charge < -0.3 is 25.0 Å². The zero-order valence-electron chi connectivity index (χ0n) is 13.3. The van der Waals surface area contributed by atoms with Crippen molar-refractivity contribution in [2.75, 3.05) is 39.3 Å². The Hall–Kier alpha value is -2.28. The third kappa shape index (κ3) is 3.73. The van der Waals surface area contributed by atoms with Gasteiger partial charge in [0.1, 0.15) is 0 Å². The van der Waals surface area contributed by atoms with E-state index in [2.05, 4.69) is 10.6 Å². The number of fused-ring (bicyclic) bond motifs is 1. The van der Waals surface area contributed by atoms with E-state index in [-0.39, 0.29) is 30.4 Å². The van der Waals surface area contributed by atoms with Crippen molar-refractivity contribution in [3.05, 3.63) is 18.2 Å². The van der Waals surface area contributed by atoms with Crippen LogP contribution in [0, 0.1) is 11.8 Å². The number of ether oxygens (including phenoxy) is 2. The number of hydrogen-bond acceptors (Lipinski definition) is 5. The topological polar surface area (TPSA) is 79.9 Å². The monoisotopic (exact) mass is 319 g/mol. The predicted molar refractivity (Wildman–Crippen MR) is 84.4 cm³/mol. The first kappa shape index (κ1) is 15.6. The number of nitrogens with zero attached hydrogens (tertiary/aromatic N) is 1. The lowest BCUT2D eigenvalue weighted by Crippen LogP contribution is -2.33. The Bertz CT molecular complexity index is 617. The highest BCUT2D eigenvalue weighted by molar-refractivity contribution is 5.99. The van der Waals surface area contributed by atoms with E-state index < -0.39 is 0 Å². The van der Waals surface area contributed by atoms with Crippen molar-refractivity contribution in [2.45, 2.75) is 6.42 Å². The standard InChI is InChI=1S/C16H21N3O4/c1-19(2)6-5-17-15(20)11-8-12(11)16(21)18-10-3-4-13-14(7-10)23-9-22-13/h3-4,7,11-12H,5-6,8-9H2,1-2H3,(H,17,20)(H,18,21). The zero-order valence-corrected chi connectivity index (χ0v) is 13.3. The second-order valence-electron chi connectivity index (χ2n) is 6.10. The average molecular weight is 319 g/mol. The van der Waals surface area contributed by atoms with Crippen molar-refractivity contribution >= 4 is 17.5 Å². The summed E-state index contributed by atoms with van der Waals surface area (Å²) < 4.78 is 10.5. The molecule has 3 rings (SSSR count). The molecule has 0 radical (unpaired) electrons. The molecule has 2 N–H and O–H groups in total. The molecule has 1 fully saturated rings. The van der Waals surface area contributed by atoms with Crippen molar-refractivity contribution in [2.24, 2.45) is 11.8 Å². The Morgan fingerprint density at radius 2 is 1.91 bits per heavy atom. The molecule has 2 atom stereocenters. The van der Waals surface area contributed by atoms with Gasteiger partial charge in [-0.3, -0.25) is 9.59 Å². The Balaban J connectivity index is 1.47. The summed E-state index contributed by atoms with van der Waals surface area (Å²) in [6.07, 6.45) is 0.601. The molecule has 124 valence electrons. The van der Waals surface area contributed by atoms with Crippen LogP contribution in [0.3, 0.4) is 0 Å². The summed E-state index contributed by atoms with van der Waals surface area (Å²) in [5.74, 6) is 0.657. The normalized spacial score (nSPS) is 21.2. The van der Waals surface area contributed by atoms with Crippen LogP contribution in [0.4, 0.5) is 5.69 Å². The summed E-state index contributed by atoms with van der Waals surface area (Å²) >= 11 is 0. The predicted octanol–water partition coefficient (Wildman–Crippen LogP) is 0.668. The van der Waals surface area contributed by atoms with Crippen LogP contribution in [0.5, 0.6) is 11.5 Å². The van der Waals surface area contributed by atoms with E-state index in [0.717, 1.165) is 6.54 Å². The van der Waals surface area contributed by atoms with E-state index in [1.165, 1.54) is 0 Å². The molecule has 0 aromatic heterocycles. The maximum Gasteiger partial charge on any atom is 0.231 e. The van der Waals surface area contributed by atoms with Gasteiger partial charge in [-0.15, -0.1) is 0 Å². The fourth-order valence-corrected chi connectivity index (χ4v) is 2.52. The van der Waals surface area contributed by atoms with Gasteiger partial charge in [-0.05, 0) is 32.6 Å². The summed E-state index contributed by atoms with van der Waals surface area (Å²) in [5.41, 5.74) is 0.651. The maximum atomic E-state index is 12.2. The molecule has 23 heavy (non-hydrogen) atoms. The fraction of sp³-hybridized carbons (Fsp3) is 0.500. The van der Waals surface area contributed by atoms with Crippen LogP contribution in [0.1, 0.15) is 6.42 Å². The highest BCUT2D eigenvalue weighted by Crippen LogP contribution is 2.40. The minimum Gasteiger partial charge on any atom is -0.454 e. The molecule has 7 nitrogen and oxygen atoms in total. The molecule has 0 saturated heterocycles. The summed E-state index contributed by atoms with van der Waals surface area (Å²) in [4.78, 5) is 26.2. The van der Waals surface area contributed by atoms with Gasteiger partial charge in [-0.1, -0.05) is 0 Å². The number of likely N-dealkylation sites (N-methyl/N-ethyl adjacent to an activating group) is 1. The lowest BCUT2D eigenvalue weighted by atomic mass is 10.2.